The topological polar surface area (TPSA) is 26.0 Å². The van der Waals surface area contributed by atoms with E-state index in [-0.39, 0.29) is 0 Å². The Balaban J connectivity index is 1.65. The number of hydrogen-bond donors (Lipinski definition) is 1. The summed E-state index contributed by atoms with van der Waals surface area (Å²) in [6.45, 7) is 2.47. The standard InChI is InChI=1S/C18H25N/c1-12(16-2-4-17(19)5-3-16)18-9-13-6-14(10-18)8-15(7-13)11-18/h2-5,12-15H,6-11,19H2,1H3. The Morgan fingerprint density at radius 2 is 1.42 bits per heavy atom. The molecule has 1 heteroatoms. The van der Waals surface area contributed by atoms with Crippen molar-refractivity contribution in [3.63, 3.8) is 0 Å². The highest BCUT2D eigenvalue weighted by Gasteiger charge is 2.53. The molecule has 102 valence electrons. The highest BCUT2D eigenvalue weighted by Crippen LogP contribution is 2.64. The molecular weight excluding hydrogens is 230 g/mol. The molecule has 1 atom stereocenters. The molecule has 4 aliphatic rings. The van der Waals surface area contributed by atoms with Crippen LogP contribution in [-0.2, 0) is 0 Å². The fourth-order valence-corrected chi connectivity index (χ4v) is 5.85. The van der Waals surface area contributed by atoms with Crippen molar-refractivity contribution in [2.75, 3.05) is 5.73 Å². The zero-order valence-electron chi connectivity index (χ0n) is 11.9. The lowest BCUT2D eigenvalue weighted by Gasteiger charge is -2.59. The Hall–Kier alpha value is -0.980. The maximum absolute atomic E-state index is 5.83. The van der Waals surface area contributed by atoms with E-state index in [1.54, 1.807) is 0 Å². The molecule has 0 aliphatic heterocycles. The number of nitrogen functional groups attached to an aromatic ring is 1. The second-order valence-electron chi connectivity index (χ2n) is 7.67. The Morgan fingerprint density at radius 3 is 1.89 bits per heavy atom. The van der Waals surface area contributed by atoms with Crippen LogP contribution in [0, 0.1) is 23.2 Å². The largest absolute Gasteiger partial charge is 0.399 e. The quantitative estimate of drug-likeness (QED) is 0.769. The van der Waals surface area contributed by atoms with Crippen LogP contribution in [0.3, 0.4) is 0 Å². The minimum Gasteiger partial charge on any atom is -0.399 e. The number of anilines is 1. The molecule has 1 aromatic carbocycles. The summed E-state index contributed by atoms with van der Waals surface area (Å²) >= 11 is 0. The van der Waals surface area contributed by atoms with Gasteiger partial charge in [0.1, 0.15) is 0 Å². The van der Waals surface area contributed by atoms with Gasteiger partial charge in [0, 0.05) is 5.69 Å². The van der Waals surface area contributed by atoms with E-state index in [9.17, 15) is 0 Å². The van der Waals surface area contributed by atoms with Gasteiger partial charge in [-0.2, -0.15) is 0 Å². The molecule has 4 bridgehead atoms. The molecule has 4 aliphatic carbocycles. The summed E-state index contributed by atoms with van der Waals surface area (Å²) in [6.07, 6.45) is 9.08. The van der Waals surface area contributed by atoms with Crippen molar-refractivity contribution in [3.05, 3.63) is 29.8 Å². The van der Waals surface area contributed by atoms with Gasteiger partial charge < -0.3 is 5.73 Å². The molecule has 4 fully saturated rings. The van der Waals surface area contributed by atoms with Gasteiger partial charge in [-0.25, -0.2) is 0 Å². The molecule has 4 saturated carbocycles. The molecule has 0 amide bonds. The molecule has 0 heterocycles. The molecule has 19 heavy (non-hydrogen) atoms. The molecule has 0 saturated heterocycles. The van der Waals surface area contributed by atoms with Gasteiger partial charge in [0.15, 0.2) is 0 Å². The van der Waals surface area contributed by atoms with Crippen LogP contribution in [-0.4, -0.2) is 0 Å². The third-order valence-electron chi connectivity index (χ3n) is 6.44. The summed E-state index contributed by atoms with van der Waals surface area (Å²) in [5.41, 5.74) is 8.85. The fraction of sp³-hybridized carbons (Fsp3) is 0.667. The summed E-state index contributed by atoms with van der Waals surface area (Å²) in [6, 6.07) is 8.68. The van der Waals surface area contributed by atoms with E-state index in [4.69, 9.17) is 5.73 Å². The van der Waals surface area contributed by atoms with Gasteiger partial charge in [0.2, 0.25) is 0 Å². The Kier molecular flexibility index (Phi) is 2.49. The first-order chi connectivity index (χ1) is 9.14. The lowest BCUT2D eigenvalue weighted by molar-refractivity contribution is -0.0656. The Labute approximate surface area is 116 Å². The van der Waals surface area contributed by atoms with Crippen molar-refractivity contribution in [3.8, 4) is 0 Å². The number of rotatable bonds is 2. The van der Waals surface area contributed by atoms with Crippen LogP contribution < -0.4 is 5.73 Å². The maximum atomic E-state index is 5.83. The van der Waals surface area contributed by atoms with E-state index < -0.39 is 0 Å². The minimum absolute atomic E-state index is 0.616. The highest BCUT2D eigenvalue weighted by atomic mass is 14.6. The third kappa shape index (κ3) is 1.81. The molecule has 1 aromatic rings. The molecule has 5 rings (SSSR count). The summed E-state index contributed by atoms with van der Waals surface area (Å²) in [5, 5.41) is 0. The maximum Gasteiger partial charge on any atom is 0.0314 e. The second-order valence-corrected chi connectivity index (χ2v) is 7.67. The van der Waals surface area contributed by atoms with Crippen LogP contribution in [0.1, 0.15) is 56.9 Å². The molecule has 2 N–H and O–H groups in total. The van der Waals surface area contributed by atoms with Crippen LogP contribution in [0.2, 0.25) is 0 Å². The fourth-order valence-electron chi connectivity index (χ4n) is 5.85. The van der Waals surface area contributed by atoms with E-state index in [0.29, 0.717) is 11.3 Å². The second kappa shape index (κ2) is 4.01. The van der Waals surface area contributed by atoms with Crippen molar-refractivity contribution in [2.24, 2.45) is 23.2 Å². The van der Waals surface area contributed by atoms with Crippen molar-refractivity contribution < 1.29 is 0 Å². The smallest absolute Gasteiger partial charge is 0.0314 e. The molecule has 1 nitrogen and oxygen atoms in total. The van der Waals surface area contributed by atoms with Gasteiger partial charge in [-0.1, -0.05) is 19.1 Å². The van der Waals surface area contributed by atoms with E-state index in [1.165, 1.54) is 44.1 Å². The number of hydrogen-bond acceptors (Lipinski definition) is 1. The van der Waals surface area contributed by atoms with Gasteiger partial charge in [0.05, 0.1) is 0 Å². The summed E-state index contributed by atoms with van der Waals surface area (Å²) in [4.78, 5) is 0. The van der Waals surface area contributed by atoms with Crippen molar-refractivity contribution in [1.82, 2.24) is 0 Å². The molecule has 0 radical (unpaired) electrons. The van der Waals surface area contributed by atoms with Crippen LogP contribution in [0.15, 0.2) is 24.3 Å². The van der Waals surface area contributed by atoms with E-state index in [1.807, 2.05) is 0 Å². The predicted octanol–water partition coefficient (Wildman–Crippen LogP) is 4.59. The zero-order chi connectivity index (χ0) is 13.0. The van der Waals surface area contributed by atoms with Gasteiger partial charge in [-0.05, 0) is 85.3 Å². The average molecular weight is 255 g/mol. The first-order valence-corrected chi connectivity index (χ1v) is 8.00. The Morgan fingerprint density at radius 1 is 0.947 bits per heavy atom. The van der Waals surface area contributed by atoms with Gasteiger partial charge in [-0.3, -0.25) is 0 Å². The predicted molar refractivity (Wildman–Crippen MR) is 79.9 cm³/mol. The first kappa shape index (κ1) is 11.8. The summed E-state index contributed by atoms with van der Waals surface area (Å²) in [5.74, 6) is 3.84. The monoisotopic (exact) mass is 255 g/mol. The van der Waals surface area contributed by atoms with Gasteiger partial charge in [0.25, 0.3) is 0 Å². The van der Waals surface area contributed by atoms with Gasteiger partial charge >= 0.3 is 0 Å². The normalized spacial score (nSPS) is 41.4. The summed E-state index contributed by atoms with van der Waals surface area (Å²) in [7, 11) is 0. The van der Waals surface area contributed by atoms with Gasteiger partial charge in [-0.15, -0.1) is 0 Å². The molecule has 0 aromatic heterocycles. The average Bonchev–Trinajstić information content (AvgIpc) is 2.37. The SMILES string of the molecule is CC(c1ccc(N)cc1)C12CC3CC(CC(C3)C1)C2. The van der Waals surface area contributed by atoms with Crippen LogP contribution in [0.25, 0.3) is 0 Å². The molecule has 0 spiro atoms. The number of nitrogens with two attached hydrogens (primary N) is 1. The van der Waals surface area contributed by atoms with Crippen molar-refractivity contribution in [1.29, 1.82) is 0 Å². The lowest BCUT2D eigenvalue weighted by Crippen LogP contribution is -2.48. The summed E-state index contributed by atoms with van der Waals surface area (Å²) < 4.78 is 0. The van der Waals surface area contributed by atoms with Crippen LogP contribution in [0.5, 0.6) is 0 Å². The molecule has 1 unspecified atom stereocenters. The molecular formula is C18H25N. The van der Waals surface area contributed by atoms with Crippen LogP contribution >= 0.6 is 0 Å². The lowest BCUT2D eigenvalue weighted by atomic mass is 9.46. The van der Waals surface area contributed by atoms with Crippen molar-refractivity contribution in [2.45, 2.75) is 51.4 Å². The number of benzene rings is 1. The van der Waals surface area contributed by atoms with E-state index in [2.05, 4.69) is 31.2 Å². The first-order valence-electron chi connectivity index (χ1n) is 8.00. The van der Waals surface area contributed by atoms with Crippen molar-refractivity contribution >= 4 is 5.69 Å². The Bertz CT molecular complexity index is 438. The zero-order valence-corrected chi connectivity index (χ0v) is 11.9. The third-order valence-corrected chi connectivity index (χ3v) is 6.44. The highest BCUT2D eigenvalue weighted by molar-refractivity contribution is 5.40. The van der Waals surface area contributed by atoms with Crippen LogP contribution in [0.4, 0.5) is 5.69 Å². The van der Waals surface area contributed by atoms with E-state index in [0.717, 1.165) is 23.4 Å². The van der Waals surface area contributed by atoms with E-state index >= 15 is 0 Å². The minimum atomic E-state index is 0.616.